The van der Waals surface area contributed by atoms with Crippen molar-refractivity contribution in [2.24, 2.45) is 0 Å². The summed E-state index contributed by atoms with van der Waals surface area (Å²) >= 11 is 0. The number of nitriles is 1. The van der Waals surface area contributed by atoms with Gasteiger partial charge in [-0.25, -0.2) is 0 Å². The van der Waals surface area contributed by atoms with Crippen molar-refractivity contribution < 1.29 is 5.11 Å². The van der Waals surface area contributed by atoms with Crippen LogP contribution in [0, 0.1) is 23.7 Å². The SMILES string of the molecule is C#CC(O)/C(C#N)=C/CCCCCCCCCC=C. The van der Waals surface area contributed by atoms with E-state index in [4.69, 9.17) is 11.7 Å². The lowest BCUT2D eigenvalue weighted by molar-refractivity contribution is 0.272. The molecule has 1 atom stereocenters. The van der Waals surface area contributed by atoms with Crippen LogP contribution < -0.4 is 0 Å². The largest absolute Gasteiger partial charge is 0.375 e. The van der Waals surface area contributed by atoms with Crippen LogP contribution in [0.3, 0.4) is 0 Å². The fraction of sp³-hybridized carbons (Fsp3) is 0.588. The van der Waals surface area contributed by atoms with Gasteiger partial charge in [-0.3, -0.25) is 0 Å². The topological polar surface area (TPSA) is 44.0 Å². The lowest BCUT2D eigenvalue weighted by atomic mass is 10.1. The zero-order chi connectivity index (χ0) is 14.3. The molecular weight excluding hydrogens is 234 g/mol. The Balaban J connectivity index is 3.50. The molecule has 0 bridgehead atoms. The first-order chi connectivity index (χ1) is 9.26. The maximum atomic E-state index is 9.33. The van der Waals surface area contributed by atoms with Gasteiger partial charge in [0.2, 0.25) is 0 Å². The van der Waals surface area contributed by atoms with Gasteiger partial charge in [-0.15, -0.1) is 13.0 Å². The van der Waals surface area contributed by atoms with Gasteiger partial charge in [0.1, 0.15) is 6.10 Å². The smallest absolute Gasteiger partial charge is 0.149 e. The van der Waals surface area contributed by atoms with Crippen LogP contribution in [0.4, 0.5) is 0 Å². The third-order valence-electron chi connectivity index (χ3n) is 3.06. The average molecular weight is 259 g/mol. The van der Waals surface area contributed by atoms with Crippen LogP contribution in [0.1, 0.15) is 57.8 Å². The third-order valence-corrected chi connectivity index (χ3v) is 3.06. The molecule has 0 aromatic heterocycles. The molecule has 0 aromatic carbocycles. The number of allylic oxidation sites excluding steroid dienone is 2. The van der Waals surface area contributed by atoms with Crippen molar-refractivity contribution in [2.75, 3.05) is 0 Å². The van der Waals surface area contributed by atoms with Gasteiger partial charge in [0, 0.05) is 0 Å². The molecule has 0 fully saturated rings. The molecule has 0 amide bonds. The monoisotopic (exact) mass is 259 g/mol. The highest BCUT2D eigenvalue weighted by Crippen LogP contribution is 2.11. The van der Waals surface area contributed by atoms with Crippen LogP contribution in [-0.4, -0.2) is 11.2 Å². The normalized spacial score (nSPS) is 12.5. The Labute approximate surface area is 117 Å². The fourth-order valence-corrected chi connectivity index (χ4v) is 1.88. The molecule has 0 aromatic rings. The highest BCUT2D eigenvalue weighted by atomic mass is 16.3. The predicted molar refractivity (Wildman–Crippen MR) is 80.3 cm³/mol. The molecule has 0 radical (unpaired) electrons. The molecule has 2 heteroatoms. The zero-order valence-electron chi connectivity index (χ0n) is 11.8. The molecule has 0 spiro atoms. The summed E-state index contributed by atoms with van der Waals surface area (Å²) in [5, 5.41) is 18.1. The van der Waals surface area contributed by atoms with E-state index in [1.807, 2.05) is 12.1 Å². The summed E-state index contributed by atoms with van der Waals surface area (Å²) in [5.74, 6) is 2.16. The minimum Gasteiger partial charge on any atom is -0.375 e. The van der Waals surface area contributed by atoms with Crippen molar-refractivity contribution in [1.29, 1.82) is 5.26 Å². The molecule has 0 aliphatic heterocycles. The predicted octanol–water partition coefficient (Wildman–Crippen LogP) is 4.13. The third kappa shape index (κ3) is 10.1. The number of rotatable bonds is 11. The van der Waals surface area contributed by atoms with E-state index in [2.05, 4.69) is 12.5 Å². The Kier molecular flexibility index (Phi) is 11.9. The number of hydrogen-bond acceptors (Lipinski definition) is 2. The lowest BCUT2D eigenvalue weighted by Crippen LogP contribution is -2.05. The summed E-state index contributed by atoms with van der Waals surface area (Å²) in [6, 6.07) is 1.94. The van der Waals surface area contributed by atoms with E-state index in [0.29, 0.717) is 5.57 Å². The van der Waals surface area contributed by atoms with E-state index >= 15 is 0 Å². The summed E-state index contributed by atoms with van der Waals surface area (Å²) in [6.45, 7) is 3.71. The second kappa shape index (κ2) is 12.9. The molecule has 1 N–H and O–H groups in total. The Morgan fingerprint density at radius 1 is 1.11 bits per heavy atom. The summed E-state index contributed by atoms with van der Waals surface area (Å²) in [5.41, 5.74) is 0.298. The number of hydrogen-bond donors (Lipinski definition) is 1. The molecule has 0 aliphatic carbocycles. The van der Waals surface area contributed by atoms with Crippen LogP contribution in [-0.2, 0) is 0 Å². The summed E-state index contributed by atoms with van der Waals surface area (Å²) in [7, 11) is 0. The number of terminal acetylenes is 1. The molecule has 0 rings (SSSR count). The van der Waals surface area contributed by atoms with E-state index < -0.39 is 6.10 Å². The van der Waals surface area contributed by atoms with Gasteiger partial charge in [-0.2, -0.15) is 5.26 Å². The number of aliphatic hydroxyl groups excluding tert-OH is 1. The van der Waals surface area contributed by atoms with Gasteiger partial charge in [0.05, 0.1) is 11.6 Å². The van der Waals surface area contributed by atoms with E-state index in [1.54, 1.807) is 6.08 Å². The van der Waals surface area contributed by atoms with Crippen molar-refractivity contribution in [2.45, 2.75) is 63.9 Å². The minimum absolute atomic E-state index is 0.298. The maximum Gasteiger partial charge on any atom is 0.149 e. The zero-order valence-corrected chi connectivity index (χ0v) is 11.8. The number of nitrogens with zero attached hydrogens (tertiary/aromatic N) is 1. The minimum atomic E-state index is -1.05. The first-order valence-corrected chi connectivity index (χ1v) is 7.11. The van der Waals surface area contributed by atoms with E-state index in [1.165, 1.54) is 38.5 Å². The van der Waals surface area contributed by atoms with Crippen molar-refractivity contribution in [3.8, 4) is 18.4 Å². The summed E-state index contributed by atoms with van der Waals surface area (Å²) in [6.07, 6.45) is 18.3. The Morgan fingerprint density at radius 3 is 2.11 bits per heavy atom. The van der Waals surface area contributed by atoms with Crippen LogP contribution in [0.2, 0.25) is 0 Å². The molecule has 0 heterocycles. The van der Waals surface area contributed by atoms with E-state index in [0.717, 1.165) is 19.3 Å². The lowest BCUT2D eigenvalue weighted by Gasteiger charge is -2.02. The van der Waals surface area contributed by atoms with Gasteiger partial charge in [-0.05, 0) is 25.7 Å². The first kappa shape index (κ1) is 17.5. The Morgan fingerprint density at radius 2 is 1.63 bits per heavy atom. The highest BCUT2D eigenvalue weighted by molar-refractivity contribution is 5.31. The van der Waals surface area contributed by atoms with Crippen molar-refractivity contribution in [3.63, 3.8) is 0 Å². The van der Waals surface area contributed by atoms with Gasteiger partial charge in [0.25, 0.3) is 0 Å². The molecule has 19 heavy (non-hydrogen) atoms. The quantitative estimate of drug-likeness (QED) is 0.262. The Hall–Kier alpha value is -1.51. The molecule has 0 saturated carbocycles. The highest BCUT2D eigenvalue weighted by Gasteiger charge is 2.04. The second-order valence-electron chi connectivity index (χ2n) is 4.68. The van der Waals surface area contributed by atoms with Crippen molar-refractivity contribution in [1.82, 2.24) is 0 Å². The molecular formula is C17H25NO. The van der Waals surface area contributed by atoms with Gasteiger partial charge in [-0.1, -0.05) is 50.2 Å². The maximum absolute atomic E-state index is 9.33. The van der Waals surface area contributed by atoms with Crippen molar-refractivity contribution in [3.05, 3.63) is 24.3 Å². The summed E-state index contributed by atoms with van der Waals surface area (Å²) in [4.78, 5) is 0. The standard InChI is InChI=1S/C17H25NO/c1-3-5-6-7-8-9-10-11-12-13-14-16(15-18)17(19)4-2/h2-3,14,17,19H,1,5-13H2/b16-14+. The number of unbranched alkanes of at least 4 members (excludes halogenated alkanes) is 8. The van der Waals surface area contributed by atoms with Gasteiger partial charge < -0.3 is 5.11 Å². The average Bonchev–Trinajstić information content (AvgIpc) is 2.44. The van der Waals surface area contributed by atoms with E-state index in [-0.39, 0.29) is 0 Å². The molecule has 2 nitrogen and oxygen atoms in total. The number of aliphatic hydroxyl groups is 1. The second-order valence-corrected chi connectivity index (χ2v) is 4.68. The molecule has 0 aliphatic rings. The molecule has 104 valence electrons. The fourth-order valence-electron chi connectivity index (χ4n) is 1.88. The molecule has 1 unspecified atom stereocenters. The van der Waals surface area contributed by atoms with Crippen LogP contribution >= 0.6 is 0 Å². The summed E-state index contributed by atoms with van der Waals surface area (Å²) < 4.78 is 0. The van der Waals surface area contributed by atoms with Gasteiger partial charge in [0.15, 0.2) is 0 Å². The first-order valence-electron chi connectivity index (χ1n) is 7.11. The van der Waals surface area contributed by atoms with Crippen LogP contribution in [0.15, 0.2) is 24.3 Å². The van der Waals surface area contributed by atoms with Crippen molar-refractivity contribution >= 4 is 0 Å². The Bertz CT molecular complexity index is 343. The van der Waals surface area contributed by atoms with E-state index in [9.17, 15) is 5.11 Å². The van der Waals surface area contributed by atoms with Crippen LogP contribution in [0.5, 0.6) is 0 Å². The van der Waals surface area contributed by atoms with Gasteiger partial charge >= 0.3 is 0 Å². The molecule has 0 saturated heterocycles. The van der Waals surface area contributed by atoms with Crippen LogP contribution in [0.25, 0.3) is 0 Å².